The first-order valence-electron chi connectivity index (χ1n) is 3.40. The van der Waals surface area contributed by atoms with Crippen molar-refractivity contribution in [2.75, 3.05) is 0 Å². The number of aromatic nitrogens is 1. The quantitative estimate of drug-likeness (QED) is 0.631. The van der Waals surface area contributed by atoms with E-state index in [2.05, 4.69) is 9.72 Å². The molecular weight excluding hydrogens is 317 g/mol. The highest BCUT2D eigenvalue weighted by molar-refractivity contribution is 14.1. The van der Waals surface area contributed by atoms with Gasteiger partial charge in [-0.1, -0.05) is 0 Å². The summed E-state index contributed by atoms with van der Waals surface area (Å²) in [5.41, 5.74) is 0. The molecule has 0 fully saturated rings. The maximum absolute atomic E-state index is 12.9. The summed E-state index contributed by atoms with van der Waals surface area (Å²) in [5.74, 6) is -1.74. The predicted molar refractivity (Wildman–Crippen MR) is 48.4 cm³/mol. The number of hydrogen-bond donors (Lipinski definition) is 0. The monoisotopic (exact) mass is 321 g/mol. The lowest BCUT2D eigenvalue weighted by Crippen LogP contribution is -2.20. The van der Waals surface area contributed by atoms with Crippen molar-refractivity contribution >= 4 is 22.6 Å². The van der Waals surface area contributed by atoms with E-state index in [-0.39, 0.29) is 0 Å². The van der Waals surface area contributed by atoms with Crippen molar-refractivity contribution in [3.8, 4) is 5.88 Å². The summed E-state index contributed by atoms with van der Waals surface area (Å²) in [7, 11) is 0. The molecule has 78 valence electrons. The van der Waals surface area contributed by atoms with Crippen molar-refractivity contribution in [2.24, 2.45) is 0 Å². The van der Waals surface area contributed by atoms with Gasteiger partial charge in [0.15, 0.2) is 5.82 Å². The lowest BCUT2D eigenvalue weighted by atomic mass is 10.5. The predicted octanol–water partition coefficient (Wildman–Crippen LogP) is 2.76. The highest BCUT2D eigenvalue weighted by Crippen LogP contribution is 2.19. The van der Waals surface area contributed by atoms with Gasteiger partial charge in [-0.15, -0.1) is 0 Å². The van der Waals surface area contributed by atoms with E-state index in [1.165, 1.54) is 6.20 Å². The molecule has 0 aliphatic rings. The van der Waals surface area contributed by atoms with Crippen molar-refractivity contribution in [2.45, 2.75) is 12.8 Å². The van der Waals surface area contributed by atoms with E-state index in [0.29, 0.717) is 3.57 Å². The van der Waals surface area contributed by atoms with Crippen molar-refractivity contribution in [3.63, 3.8) is 0 Å². The molecule has 2 nitrogen and oxygen atoms in total. The molecule has 0 aromatic carbocycles. The van der Waals surface area contributed by atoms with Gasteiger partial charge >= 0.3 is 6.43 Å². The molecule has 0 spiro atoms. The summed E-state index contributed by atoms with van der Waals surface area (Å²) in [4.78, 5) is 3.32. The third-order valence-corrected chi connectivity index (χ3v) is 1.79. The normalized spacial score (nSPS) is 13.0. The van der Waals surface area contributed by atoms with Gasteiger partial charge in [0.25, 0.3) is 12.2 Å². The molecule has 0 aliphatic carbocycles. The molecule has 0 amide bonds. The van der Waals surface area contributed by atoms with E-state index >= 15 is 0 Å². The van der Waals surface area contributed by atoms with Gasteiger partial charge in [0, 0.05) is 9.77 Å². The van der Waals surface area contributed by atoms with Gasteiger partial charge in [-0.25, -0.2) is 18.2 Å². The maximum atomic E-state index is 12.9. The van der Waals surface area contributed by atoms with Gasteiger partial charge in [-0.2, -0.15) is 4.39 Å². The molecular formula is C7H4F4INO. The number of halogens is 5. The summed E-state index contributed by atoms with van der Waals surface area (Å²) in [6, 6.07) is 1.00. The summed E-state index contributed by atoms with van der Waals surface area (Å²) in [6.45, 7) is 0. The van der Waals surface area contributed by atoms with Gasteiger partial charge < -0.3 is 4.74 Å². The Kier molecular flexibility index (Phi) is 3.90. The Labute approximate surface area is 90.4 Å². The summed E-state index contributed by atoms with van der Waals surface area (Å²) in [6.07, 6.45) is -5.01. The lowest BCUT2D eigenvalue weighted by molar-refractivity contribution is -0.0707. The molecule has 0 aliphatic heterocycles. The first kappa shape index (κ1) is 11.5. The van der Waals surface area contributed by atoms with Crippen LogP contribution in [0.2, 0.25) is 0 Å². The molecule has 0 saturated heterocycles. The van der Waals surface area contributed by atoms with Crippen LogP contribution < -0.4 is 4.74 Å². The molecule has 1 atom stereocenters. The summed E-state index contributed by atoms with van der Waals surface area (Å²) < 4.78 is 52.9. The second-order valence-electron chi connectivity index (χ2n) is 2.24. The zero-order chi connectivity index (χ0) is 10.7. The number of alkyl halides is 3. The fourth-order valence-corrected chi connectivity index (χ4v) is 1.06. The molecule has 1 rings (SSSR count). The van der Waals surface area contributed by atoms with Crippen LogP contribution in [-0.2, 0) is 0 Å². The number of ether oxygens (including phenoxy) is 1. The first-order valence-corrected chi connectivity index (χ1v) is 4.48. The maximum Gasteiger partial charge on any atom is 0.304 e. The Hall–Kier alpha value is -0.600. The van der Waals surface area contributed by atoms with Crippen LogP contribution in [0.3, 0.4) is 0 Å². The Morgan fingerprint density at radius 2 is 2.00 bits per heavy atom. The minimum atomic E-state index is -3.32. The van der Waals surface area contributed by atoms with E-state index in [1.807, 2.05) is 0 Å². The highest BCUT2D eigenvalue weighted by Gasteiger charge is 2.22. The zero-order valence-electron chi connectivity index (χ0n) is 6.55. The highest BCUT2D eigenvalue weighted by atomic mass is 127. The van der Waals surface area contributed by atoms with E-state index in [9.17, 15) is 17.6 Å². The molecule has 7 heteroatoms. The second kappa shape index (κ2) is 4.76. The Morgan fingerprint density at radius 3 is 2.50 bits per heavy atom. The fourth-order valence-electron chi connectivity index (χ4n) is 0.647. The average molecular weight is 321 g/mol. The molecule has 14 heavy (non-hydrogen) atoms. The van der Waals surface area contributed by atoms with Gasteiger partial charge in [0.1, 0.15) is 0 Å². The van der Waals surface area contributed by atoms with Crippen LogP contribution in [0.25, 0.3) is 0 Å². The van der Waals surface area contributed by atoms with Gasteiger partial charge in [0.2, 0.25) is 0 Å². The van der Waals surface area contributed by atoms with Crippen molar-refractivity contribution in [3.05, 3.63) is 21.7 Å². The lowest BCUT2D eigenvalue weighted by Gasteiger charge is -2.09. The van der Waals surface area contributed by atoms with Crippen LogP contribution in [-0.4, -0.2) is 17.8 Å². The molecule has 0 radical (unpaired) electrons. The Morgan fingerprint density at radius 1 is 1.36 bits per heavy atom. The molecule has 0 N–H and O–H groups in total. The average Bonchev–Trinajstić information content (AvgIpc) is 2.09. The minimum Gasteiger partial charge on any atom is -0.435 e. The van der Waals surface area contributed by atoms with E-state index < -0.39 is 24.5 Å². The third kappa shape index (κ3) is 2.96. The number of hydrogen-bond acceptors (Lipinski definition) is 2. The number of nitrogens with zero attached hydrogens (tertiary/aromatic N) is 1. The summed E-state index contributed by atoms with van der Waals surface area (Å²) >= 11 is 1.77. The van der Waals surface area contributed by atoms with Crippen LogP contribution >= 0.6 is 22.6 Å². The van der Waals surface area contributed by atoms with Gasteiger partial charge in [-0.05, 0) is 28.7 Å². The Bertz CT molecular complexity index is 323. The smallest absolute Gasteiger partial charge is 0.304 e. The van der Waals surface area contributed by atoms with Crippen LogP contribution in [0, 0.1) is 9.39 Å². The van der Waals surface area contributed by atoms with Gasteiger partial charge in [0.05, 0.1) is 0 Å². The molecule has 1 unspecified atom stereocenters. The second-order valence-corrected chi connectivity index (χ2v) is 3.49. The van der Waals surface area contributed by atoms with E-state index in [1.54, 1.807) is 22.6 Å². The van der Waals surface area contributed by atoms with Crippen molar-refractivity contribution < 1.29 is 22.3 Å². The van der Waals surface area contributed by atoms with Gasteiger partial charge in [-0.3, -0.25) is 0 Å². The van der Waals surface area contributed by atoms with E-state index in [4.69, 9.17) is 0 Å². The van der Waals surface area contributed by atoms with Crippen molar-refractivity contribution in [1.82, 2.24) is 4.98 Å². The minimum absolute atomic E-state index is 0.458. The molecule has 1 aromatic heterocycles. The zero-order valence-corrected chi connectivity index (χ0v) is 8.71. The van der Waals surface area contributed by atoms with Crippen LogP contribution in [0.4, 0.5) is 17.6 Å². The molecule has 0 bridgehead atoms. The Balaban J connectivity index is 2.77. The standard InChI is InChI=1S/C7H4F4INO/c8-4-1-3(12)2-13-7(4)14-6(11)5(9)10/h1-2,5-6H. The number of pyridine rings is 1. The molecule has 0 saturated carbocycles. The number of rotatable bonds is 3. The molecule has 1 heterocycles. The SMILES string of the molecule is Fc1cc(I)cnc1OC(F)C(F)F. The van der Waals surface area contributed by atoms with Crippen LogP contribution in [0.1, 0.15) is 0 Å². The first-order chi connectivity index (χ1) is 6.50. The van der Waals surface area contributed by atoms with Crippen LogP contribution in [0.5, 0.6) is 5.88 Å². The summed E-state index contributed by atoms with van der Waals surface area (Å²) in [5, 5.41) is 0. The van der Waals surface area contributed by atoms with E-state index in [0.717, 1.165) is 6.07 Å². The molecule has 1 aromatic rings. The topological polar surface area (TPSA) is 22.1 Å². The van der Waals surface area contributed by atoms with Crippen molar-refractivity contribution in [1.29, 1.82) is 0 Å². The van der Waals surface area contributed by atoms with Crippen LogP contribution in [0.15, 0.2) is 12.3 Å². The largest absolute Gasteiger partial charge is 0.435 e. The third-order valence-electron chi connectivity index (χ3n) is 1.20. The fraction of sp³-hybridized carbons (Fsp3) is 0.286.